The molecule has 44 heavy (non-hydrogen) atoms. The lowest BCUT2D eigenvalue weighted by Gasteiger charge is -2.33. The zero-order valence-electron chi connectivity index (χ0n) is 26.4. The van der Waals surface area contributed by atoms with E-state index in [-0.39, 0.29) is 17.4 Å². The highest BCUT2D eigenvalue weighted by molar-refractivity contribution is 6.07. The summed E-state index contributed by atoms with van der Waals surface area (Å²) in [5.74, 6) is 1.29. The fraction of sp³-hybridized carbons (Fsp3) is 0.382. The number of nitrogens with zero attached hydrogens (tertiary/aromatic N) is 4. The summed E-state index contributed by atoms with van der Waals surface area (Å²) in [6.07, 6.45) is -0.452. The predicted molar refractivity (Wildman–Crippen MR) is 174 cm³/mol. The van der Waals surface area contributed by atoms with Gasteiger partial charge in [0.05, 0.1) is 23.7 Å². The highest BCUT2D eigenvalue weighted by Gasteiger charge is 2.27. The van der Waals surface area contributed by atoms with Crippen LogP contribution in [0.5, 0.6) is 5.75 Å². The molecule has 2 heterocycles. The van der Waals surface area contributed by atoms with Crippen LogP contribution in [0.25, 0.3) is 16.5 Å². The van der Waals surface area contributed by atoms with E-state index in [0.717, 1.165) is 40.0 Å². The number of rotatable bonds is 8. The van der Waals surface area contributed by atoms with Crippen LogP contribution in [0.15, 0.2) is 66.7 Å². The number of hydrogen-bond donors (Lipinski definition) is 2. The molecule has 1 atom stereocenters. The SMILES string of the molecule is Cc1ccc(-n2nc(C(C)(C)C)cc2NC(=O)Nc2ccc(OCCN3CCOC(C(=O)N(C)C)C3)c3ccccc23)cc1. The van der Waals surface area contributed by atoms with E-state index in [1.165, 1.54) is 0 Å². The third-order valence-corrected chi connectivity index (χ3v) is 7.66. The first-order chi connectivity index (χ1) is 21.0. The van der Waals surface area contributed by atoms with E-state index >= 15 is 0 Å². The quantitative estimate of drug-likeness (QED) is 0.280. The number of aryl methyl sites for hydroxylation is 1. The van der Waals surface area contributed by atoms with Crippen LogP contribution in [0.3, 0.4) is 0 Å². The van der Waals surface area contributed by atoms with Gasteiger partial charge in [0.15, 0.2) is 0 Å². The van der Waals surface area contributed by atoms with Gasteiger partial charge in [-0.2, -0.15) is 5.10 Å². The first kappa shape index (κ1) is 31.0. The zero-order chi connectivity index (χ0) is 31.4. The molecule has 232 valence electrons. The highest BCUT2D eigenvalue weighted by Crippen LogP contribution is 2.32. The molecule has 1 saturated heterocycles. The molecule has 1 fully saturated rings. The fourth-order valence-corrected chi connectivity index (χ4v) is 5.12. The Labute approximate surface area is 258 Å². The number of morpholine rings is 1. The second-order valence-corrected chi connectivity index (χ2v) is 12.4. The van der Waals surface area contributed by atoms with Crippen LogP contribution in [0.4, 0.5) is 16.3 Å². The van der Waals surface area contributed by atoms with Crippen molar-refractivity contribution < 1.29 is 19.1 Å². The van der Waals surface area contributed by atoms with Gasteiger partial charge in [-0.3, -0.25) is 15.0 Å². The van der Waals surface area contributed by atoms with Crippen molar-refractivity contribution in [2.75, 3.05) is 57.6 Å². The summed E-state index contributed by atoms with van der Waals surface area (Å²) in [4.78, 5) is 29.4. The third-order valence-electron chi connectivity index (χ3n) is 7.66. The molecule has 1 unspecified atom stereocenters. The second kappa shape index (κ2) is 13.1. The number of carbonyl (C=O) groups excluding carboxylic acids is 2. The Bertz CT molecular complexity index is 1620. The Balaban J connectivity index is 1.28. The maximum absolute atomic E-state index is 13.3. The number of ether oxygens (including phenoxy) is 2. The van der Waals surface area contributed by atoms with Gasteiger partial charge in [0.1, 0.15) is 24.3 Å². The number of aromatic nitrogens is 2. The monoisotopic (exact) mass is 598 g/mol. The number of carbonyl (C=O) groups is 2. The molecule has 1 aliphatic heterocycles. The van der Waals surface area contributed by atoms with E-state index in [9.17, 15) is 9.59 Å². The lowest BCUT2D eigenvalue weighted by Crippen LogP contribution is -2.50. The fourth-order valence-electron chi connectivity index (χ4n) is 5.12. The first-order valence-corrected chi connectivity index (χ1v) is 14.9. The van der Waals surface area contributed by atoms with Gasteiger partial charge in [0, 0.05) is 56.0 Å². The van der Waals surface area contributed by atoms with Crippen molar-refractivity contribution in [2.45, 2.75) is 39.2 Å². The van der Waals surface area contributed by atoms with Gasteiger partial charge in [-0.15, -0.1) is 0 Å². The highest BCUT2D eigenvalue weighted by atomic mass is 16.5. The molecule has 0 bridgehead atoms. The molecular weight excluding hydrogens is 556 g/mol. The van der Waals surface area contributed by atoms with Gasteiger partial charge in [-0.25, -0.2) is 9.48 Å². The van der Waals surface area contributed by atoms with Gasteiger partial charge in [0.2, 0.25) is 0 Å². The van der Waals surface area contributed by atoms with Gasteiger partial charge in [-0.05, 0) is 31.2 Å². The van der Waals surface area contributed by atoms with E-state index < -0.39 is 6.10 Å². The summed E-state index contributed by atoms with van der Waals surface area (Å²) in [6.45, 7) is 11.3. The topological polar surface area (TPSA) is 101 Å². The molecule has 0 aliphatic carbocycles. The molecular formula is C34H42N6O4. The number of urea groups is 1. The van der Waals surface area contributed by atoms with Gasteiger partial charge in [0.25, 0.3) is 5.91 Å². The normalized spacial score (nSPS) is 15.6. The molecule has 0 saturated carbocycles. The average Bonchev–Trinajstić information content (AvgIpc) is 3.42. The first-order valence-electron chi connectivity index (χ1n) is 14.9. The van der Waals surface area contributed by atoms with Crippen LogP contribution in [0.1, 0.15) is 32.0 Å². The molecule has 4 aromatic rings. The van der Waals surface area contributed by atoms with Crippen LogP contribution in [0, 0.1) is 6.92 Å². The minimum atomic E-state index is -0.452. The Morgan fingerprint density at radius 1 is 1.02 bits per heavy atom. The number of benzene rings is 3. The molecule has 1 aromatic heterocycles. The minimum absolute atomic E-state index is 0.0250. The number of anilines is 2. The van der Waals surface area contributed by atoms with Gasteiger partial charge in [-0.1, -0.05) is 62.7 Å². The Morgan fingerprint density at radius 3 is 2.45 bits per heavy atom. The molecule has 0 radical (unpaired) electrons. The summed E-state index contributed by atoms with van der Waals surface area (Å²) in [5.41, 5.74) is 3.36. The predicted octanol–water partition coefficient (Wildman–Crippen LogP) is 5.44. The summed E-state index contributed by atoms with van der Waals surface area (Å²) in [7, 11) is 3.48. The van der Waals surface area contributed by atoms with E-state index in [4.69, 9.17) is 14.6 Å². The second-order valence-electron chi connectivity index (χ2n) is 12.4. The molecule has 1 aliphatic rings. The van der Waals surface area contributed by atoms with Crippen LogP contribution >= 0.6 is 0 Å². The Kier molecular flexibility index (Phi) is 9.22. The smallest absolute Gasteiger partial charge is 0.324 e. The number of fused-ring (bicyclic) bond motifs is 1. The van der Waals surface area contributed by atoms with E-state index in [1.807, 2.05) is 73.7 Å². The van der Waals surface area contributed by atoms with E-state index in [2.05, 4.69) is 36.3 Å². The Morgan fingerprint density at radius 2 is 1.75 bits per heavy atom. The van der Waals surface area contributed by atoms with Crippen LogP contribution < -0.4 is 15.4 Å². The van der Waals surface area contributed by atoms with Crippen molar-refractivity contribution in [1.82, 2.24) is 19.6 Å². The van der Waals surface area contributed by atoms with Gasteiger partial charge < -0.3 is 19.7 Å². The zero-order valence-corrected chi connectivity index (χ0v) is 26.4. The molecule has 3 amide bonds. The van der Waals surface area contributed by atoms with E-state index in [1.54, 1.807) is 23.7 Å². The Hall–Kier alpha value is -4.41. The van der Waals surface area contributed by atoms with Crippen molar-refractivity contribution in [3.8, 4) is 11.4 Å². The lowest BCUT2D eigenvalue weighted by molar-refractivity contribution is -0.146. The summed E-state index contributed by atoms with van der Waals surface area (Å²) >= 11 is 0. The van der Waals surface area contributed by atoms with Gasteiger partial charge >= 0.3 is 6.03 Å². The molecule has 5 rings (SSSR count). The van der Waals surface area contributed by atoms with E-state index in [0.29, 0.717) is 37.8 Å². The maximum Gasteiger partial charge on any atom is 0.324 e. The largest absolute Gasteiger partial charge is 0.492 e. The number of hydrogen-bond acceptors (Lipinski definition) is 6. The number of amides is 3. The molecule has 2 N–H and O–H groups in total. The van der Waals surface area contributed by atoms with Crippen LogP contribution in [0.2, 0.25) is 0 Å². The lowest BCUT2D eigenvalue weighted by atomic mass is 9.92. The molecule has 10 nitrogen and oxygen atoms in total. The van der Waals surface area contributed by atoms with Crippen LogP contribution in [-0.4, -0.2) is 84.6 Å². The van der Waals surface area contributed by atoms with Crippen molar-refractivity contribution >= 4 is 34.2 Å². The van der Waals surface area contributed by atoms with Crippen molar-refractivity contribution in [1.29, 1.82) is 0 Å². The van der Waals surface area contributed by atoms with Crippen molar-refractivity contribution in [2.24, 2.45) is 0 Å². The average molecular weight is 599 g/mol. The molecule has 10 heteroatoms. The standard InChI is InChI=1S/C34H42N6O4/c1-23-11-13-24(14-12-23)40-31(21-30(37-40)34(2,3)4)36-33(42)35-27-15-16-28(26-10-8-7-9-25(26)27)43-19-17-39-18-20-44-29(22-39)32(41)38(5)6/h7-16,21,29H,17-20,22H2,1-6H3,(H2,35,36,42). The molecule has 3 aromatic carbocycles. The number of nitrogens with one attached hydrogen (secondary N) is 2. The minimum Gasteiger partial charge on any atom is -0.492 e. The molecule has 0 spiro atoms. The summed E-state index contributed by atoms with van der Waals surface area (Å²) in [5, 5.41) is 12.6. The third kappa shape index (κ3) is 7.20. The summed E-state index contributed by atoms with van der Waals surface area (Å²) in [6, 6.07) is 21.2. The number of likely N-dealkylation sites (N-methyl/N-ethyl adjacent to an activating group) is 1. The maximum atomic E-state index is 13.3. The van der Waals surface area contributed by atoms with Crippen LogP contribution in [-0.2, 0) is 14.9 Å². The van der Waals surface area contributed by atoms with Crippen molar-refractivity contribution in [3.05, 3.63) is 78.0 Å². The van der Waals surface area contributed by atoms with Crippen molar-refractivity contribution in [3.63, 3.8) is 0 Å². The summed E-state index contributed by atoms with van der Waals surface area (Å²) < 4.78 is 13.6.